The number of para-hydroxylation sites is 1. The van der Waals surface area contributed by atoms with Crippen molar-refractivity contribution in [2.24, 2.45) is 0 Å². The molecule has 0 fully saturated rings. The summed E-state index contributed by atoms with van der Waals surface area (Å²) in [6.07, 6.45) is 0. The Kier molecular flexibility index (Phi) is 5.99. The van der Waals surface area contributed by atoms with Gasteiger partial charge in [-0.2, -0.15) is 0 Å². The normalized spacial score (nSPS) is 12.9. The summed E-state index contributed by atoms with van der Waals surface area (Å²) in [5, 5.41) is 7.98. The van der Waals surface area contributed by atoms with Crippen molar-refractivity contribution in [1.29, 1.82) is 0 Å². The first kappa shape index (κ1) is 27.5. The second kappa shape index (κ2) is 11.1. The first-order valence-electron chi connectivity index (χ1n) is 17.8. The van der Waals surface area contributed by atoms with E-state index in [0.717, 1.165) is 66.1 Å². The Hall–Kier alpha value is -6.30. The molecule has 0 unspecified atom stereocenters. The van der Waals surface area contributed by atoms with E-state index < -0.39 is 0 Å². The van der Waals surface area contributed by atoms with Gasteiger partial charge in [-0.3, -0.25) is 0 Å². The minimum Gasteiger partial charge on any atom is -0.345 e. The van der Waals surface area contributed by atoms with Crippen LogP contribution in [-0.2, 0) is 0 Å². The van der Waals surface area contributed by atoms with Gasteiger partial charge in [0.05, 0.1) is 12.6 Å². The number of aromatic nitrogens is 2. The number of anilines is 2. The van der Waals surface area contributed by atoms with Crippen molar-refractivity contribution in [2.75, 3.05) is 4.81 Å². The molecular formula is C46H28BN3S. The predicted molar refractivity (Wildman–Crippen MR) is 218 cm³/mol. The molecular weight excluding hydrogens is 637 g/mol. The summed E-state index contributed by atoms with van der Waals surface area (Å²) in [5.41, 5.74) is 8.15. The van der Waals surface area contributed by atoms with Gasteiger partial charge in [-0.15, -0.1) is 11.3 Å². The minimum atomic E-state index is -0.381. The first-order valence-corrected chi connectivity index (χ1v) is 18.1. The maximum Gasteiger partial charge on any atom is 0.332 e. The van der Waals surface area contributed by atoms with Crippen LogP contribution in [-0.4, -0.2) is 16.8 Å². The number of rotatable bonds is 3. The van der Waals surface area contributed by atoms with Crippen molar-refractivity contribution < 1.29 is 1.37 Å². The number of hydrogen-bond donors (Lipinski definition) is 0. The van der Waals surface area contributed by atoms with Crippen LogP contribution in [0.4, 0.5) is 11.6 Å². The highest BCUT2D eigenvalue weighted by molar-refractivity contribution is 7.27. The fraction of sp³-hybridized carbons (Fsp3) is 0. The molecule has 3 heterocycles. The summed E-state index contributed by atoms with van der Waals surface area (Å²) in [7, 11) is 0. The van der Waals surface area contributed by atoms with E-state index in [1.807, 2.05) is 29.5 Å². The fourth-order valence-electron chi connectivity index (χ4n) is 8.24. The van der Waals surface area contributed by atoms with E-state index in [9.17, 15) is 1.37 Å². The Balaban J connectivity index is 1.40. The molecule has 0 radical (unpaired) electrons. The minimum absolute atomic E-state index is 0.381. The number of hydrogen-bond acceptors (Lipinski definition) is 4. The third-order valence-electron chi connectivity index (χ3n) is 10.4. The quantitative estimate of drug-likeness (QED) is 0.176. The van der Waals surface area contributed by atoms with Gasteiger partial charge in [0, 0.05) is 47.8 Å². The first-order chi connectivity index (χ1) is 25.7. The van der Waals surface area contributed by atoms with Crippen molar-refractivity contribution in [3.8, 4) is 22.4 Å². The van der Waals surface area contributed by atoms with Crippen LogP contribution >= 0.6 is 11.3 Å². The zero-order chi connectivity index (χ0) is 34.3. The van der Waals surface area contributed by atoms with Crippen molar-refractivity contribution in [1.82, 2.24) is 9.97 Å². The van der Waals surface area contributed by atoms with E-state index >= 15 is 0 Å². The molecule has 1 aliphatic heterocycles. The van der Waals surface area contributed by atoms with Crippen LogP contribution in [0.2, 0.25) is 0 Å². The van der Waals surface area contributed by atoms with Crippen LogP contribution in [0.25, 0.3) is 75.0 Å². The maximum absolute atomic E-state index is 9.82. The molecule has 0 saturated carbocycles. The number of fused-ring (bicyclic) bond motifs is 13. The lowest BCUT2D eigenvalue weighted by atomic mass is 9.45. The van der Waals surface area contributed by atoms with E-state index in [1.54, 1.807) is 0 Å². The van der Waals surface area contributed by atoms with Crippen LogP contribution in [0.15, 0.2) is 170 Å². The standard InChI is InChI=1S/C46H28BN3S/c1-3-16-30(17-4-1)43-35-23-11-13-25-38(35)48-46(49-43)50-44-41(33-21-9-10-22-34(33)45-42(44)36-24-12-14-26-39(36)51-45)40-32-20-8-7-15-29(32)27-28-37(40)47(50)31-18-5-2-6-19-31/h1-28H/i28D. The topological polar surface area (TPSA) is 29.0 Å². The highest BCUT2D eigenvalue weighted by Gasteiger charge is 2.42. The predicted octanol–water partition coefficient (Wildman–Crippen LogP) is 10.9. The second-order valence-electron chi connectivity index (χ2n) is 13.2. The molecule has 3 nitrogen and oxygen atoms in total. The van der Waals surface area contributed by atoms with E-state index in [0.29, 0.717) is 12.0 Å². The van der Waals surface area contributed by atoms with Crippen LogP contribution in [0.3, 0.4) is 0 Å². The molecule has 10 aromatic rings. The largest absolute Gasteiger partial charge is 0.345 e. The van der Waals surface area contributed by atoms with Gasteiger partial charge in [0.15, 0.2) is 0 Å². The summed E-state index contributed by atoms with van der Waals surface area (Å²) in [5.74, 6) is 0.609. The Bertz CT molecular complexity index is 3050. The van der Waals surface area contributed by atoms with E-state index in [2.05, 4.69) is 150 Å². The molecule has 51 heavy (non-hydrogen) atoms. The smallest absolute Gasteiger partial charge is 0.332 e. The highest BCUT2D eigenvalue weighted by Crippen LogP contribution is 2.54. The third-order valence-corrected chi connectivity index (χ3v) is 11.6. The lowest BCUT2D eigenvalue weighted by molar-refractivity contribution is 1.16. The molecule has 8 aromatic carbocycles. The van der Waals surface area contributed by atoms with Crippen molar-refractivity contribution in [3.05, 3.63) is 170 Å². The molecule has 0 saturated heterocycles. The molecule has 11 rings (SSSR count). The Morgan fingerprint density at radius 2 is 1.20 bits per heavy atom. The fourth-order valence-corrected chi connectivity index (χ4v) is 9.48. The molecule has 0 aliphatic carbocycles. The van der Waals surface area contributed by atoms with Gasteiger partial charge >= 0.3 is 6.85 Å². The molecule has 0 spiro atoms. The summed E-state index contributed by atoms with van der Waals surface area (Å²) in [4.78, 5) is 13.3. The summed E-state index contributed by atoms with van der Waals surface area (Å²) in [6, 6.07) is 58.0. The zero-order valence-electron chi connectivity index (χ0n) is 28.4. The molecule has 5 heteroatoms. The average Bonchev–Trinajstić information content (AvgIpc) is 3.60. The summed E-state index contributed by atoms with van der Waals surface area (Å²) < 4.78 is 12.3. The number of benzene rings is 8. The SMILES string of the molecule is [2H]c1cc2ccccc2c2c1B(c1ccccc1)N(c1nc(-c3ccccc3)c3ccccc3n1)c1c-2c2ccccc2c2sc3ccccc3c12. The molecule has 1 aliphatic rings. The van der Waals surface area contributed by atoms with Crippen LogP contribution in [0.1, 0.15) is 1.37 Å². The molecule has 0 atom stereocenters. The monoisotopic (exact) mass is 666 g/mol. The molecule has 0 N–H and O–H groups in total. The number of nitrogens with zero attached hydrogens (tertiary/aromatic N) is 3. The molecule has 0 bridgehead atoms. The average molecular weight is 667 g/mol. The Labute approximate surface area is 300 Å². The number of thiophene rings is 1. The van der Waals surface area contributed by atoms with Gasteiger partial charge in [-0.05, 0) is 39.3 Å². The van der Waals surface area contributed by atoms with E-state index in [4.69, 9.17) is 9.97 Å². The van der Waals surface area contributed by atoms with Gasteiger partial charge in [0.2, 0.25) is 5.95 Å². The van der Waals surface area contributed by atoms with Gasteiger partial charge in [0.25, 0.3) is 0 Å². The maximum atomic E-state index is 9.82. The van der Waals surface area contributed by atoms with E-state index in [1.165, 1.54) is 25.6 Å². The summed E-state index contributed by atoms with van der Waals surface area (Å²) in [6.45, 7) is -0.381. The van der Waals surface area contributed by atoms with Gasteiger partial charge in [-0.25, -0.2) is 9.97 Å². The van der Waals surface area contributed by atoms with E-state index in [-0.39, 0.29) is 6.85 Å². The zero-order valence-corrected chi connectivity index (χ0v) is 28.2. The van der Waals surface area contributed by atoms with Crippen LogP contribution < -0.4 is 15.7 Å². The van der Waals surface area contributed by atoms with Crippen molar-refractivity contribution in [3.63, 3.8) is 0 Å². The van der Waals surface area contributed by atoms with Crippen LogP contribution in [0, 0.1) is 0 Å². The summed E-state index contributed by atoms with van der Waals surface area (Å²) >= 11 is 1.84. The van der Waals surface area contributed by atoms with Crippen LogP contribution in [0.5, 0.6) is 0 Å². The van der Waals surface area contributed by atoms with Gasteiger partial charge < -0.3 is 4.81 Å². The lowest BCUT2D eigenvalue weighted by Crippen LogP contribution is -2.58. The van der Waals surface area contributed by atoms with Crippen molar-refractivity contribution >= 4 is 93.4 Å². The third kappa shape index (κ3) is 4.19. The molecule has 236 valence electrons. The Morgan fingerprint density at radius 3 is 2.02 bits per heavy atom. The lowest BCUT2D eigenvalue weighted by Gasteiger charge is -2.39. The molecule has 2 aromatic heterocycles. The van der Waals surface area contributed by atoms with Crippen molar-refractivity contribution in [2.45, 2.75) is 0 Å². The Morgan fingerprint density at radius 1 is 0.549 bits per heavy atom. The molecule has 0 amide bonds. The van der Waals surface area contributed by atoms with Gasteiger partial charge in [0.1, 0.15) is 0 Å². The van der Waals surface area contributed by atoms with Gasteiger partial charge in [-0.1, -0.05) is 163 Å². The second-order valence-corrected chi connectivity index (χ2v) is 14.2. The highest BCUT2D eigenvalue weighted by atomic mass is 32.1.